The van der Waals surface area contributed by atoms with Crippen LogP contribution in [0.5, 0.6) is 0 Å². The van der Waals surface area contributed by atoms with Gasteiger partial charge in [-0.15, -0.1) is 0 Å². The smallest absolute Gasteiger partial charge is 0.337 e. The number of methoxy groups -OCH3 is 1. The van der Waals surface area contributed by atoms with Gasteiger partial charge in [0.2, 0.25) is 0 Å². The molecule has 1 rings (SSSR count). The lowest BCUT2D eigenvalue weighted by atomic mass is 9.72. The Hall–Kier alpha value is -1.64. The number of carbonyl (C=O) groups is 2. The second-order valence-electron chi connectivity index (χ2n) is 5.51. The number of carbonyl (C=O) groups excluding carboxylic acids is 2. The van der Waals surface area contributed by atoms with Crippen molar-refractivity contribution in [2.24, 2.45) is 5.41 Å². The molecule has 0 aromatic carbocycles. The summed E-state index contributed by atoms with van der Waals surface area (Å²) >= 11 is 0. The van der Waals surface area contributed by atoms with Crippen LogP contribution in [0, 0.1) is 5.41 Å². The predicted octanol–water partition coefficient (Wildman–Crippen LogP) is 3.37. The molecule has 0 spiro atoms. The van der Waals surface area contributed by atoms with Crippen LogP contribution in [0.3, 0.4) is 0 Å². The summed E-state index contributed by atoms with van der Waals surface area (Å²) in [5.41, 5.74) is 2.99. The summed E-state index contributed by atoms with van der Waals surface area (Å²) in [4.78, 5) is 22.0. The van der Waals surface area contributed by atoms with Gasteiger partial charge >= 0.3 is 5.97 Å². The summed E-state index contributed by atoms with van der Waals surface area (Å²) in [6.45, 7) is 6.54. The first-order valence-electron chi connectivity index (χ1n) is 6.54. The minimum absolute atomic E-state index is 0.112. The van der Waals surface area contributed by atoms with E-state index in [1.54, 1.807) is 6.08 Å². The van der Waals surface area contributed by atoms with E-state index in [9.17, 15) is 9.59 Å². The van der Waals surface area contributed by atoms with Gasteiger partial charge in [-0.05, 0) is 49.3 Å². The van der Waals surface area contributed by atoms with Gasteiger partial charge in [-0.25, -0.2) is 4.79 Å². The molecule has 0 heterocycles. The minimum Gasteiger partial charge on any atom is -0.465 e. The molecule has 3 nitrogen and oxygen atoms in total. The molecule has 0 aliphatic heterocycles. The lowest BCUT2D eigenvalue weighted by molar-refractivity contribution is -0.135. The van der Waals surface area contributed by atoms with Gasteiger partial charge in [0.05, 0.1) is 12.7 Å². The summed E-state index contributed by atoms with van der Waals surface area (Å²) in [5, 5.41) is 0. The Morgan fingerprint density at radius 3 is 2.58 bits per heavy atom. The zero-order chi connectivity index (χ0) is 14.5. The van der Waals surface area contributed by atoms with Gasteiger partial charge in [0, 0.05) is 0 Å². The quantitative estimate of drug-likeness (QED) is 0.338. The zero-order valence-corrected chi connectivity index (χ0v) is 12.2. The number of rotatable bonds is 4. The fourth-order valence-electron chi connectivity index (χ4n) is 2.57. The number of hydrogen-bond acceptors (Lipinski definition) is 3. The molecule has 0 aromatic rings. The van der Waals surface area contributed by atoms with E-state index < -0.39 is 5.97 Å². The fraction of sp³-hybridized carbons (Fsp3) is 0.500. The van der Waals surface area contributed by atoms with E-state index in [0.29, 0.717) is 6.29 Å². The van der Waals surface area contributed by atoms with Crippen molar-refractivity contribution in [2.75, 3.05) is 7.11 Å². The molecule has 1 aliphatic carbocycles. The maximum atomic E-state index is 11.5. The number of aldehydes is 1. The lowest BCUT2D eigenvalue weighted by Gasteiger charge is -2.32. The second-order valence-corrected chi connectivity index (χ2v) is 5.51. The number of hydrogen-bond donors (Lipinski definition) is 0. The summed E-state index contributed by atoms with van der Waals surface area (Å²) in [5.74, 6) is -0.491. The van der Waals surface area contributed by atoms with Crippen molar-refractivity contribution in [3.63, 3.8) is 0 Å². The first-order chi connectivity index (χ1) is 8.92. The molecular weight excluding hydrogens is 240 g/mol. The maximum absolute atomic E-state index is 11.5. The molecular formula is C16H22O3. The second kappa shape index (κ2) is 6.50. The number of ether oxygens (including phenoxy) is 1. The van der Waals surface area contributed by atoms with Gasteiger partial charge in [0.25, 0.3) is 0 Å². The lowest BCUT2D eigenvalue weighted by Crippen LogP contribution is -2.19. The molecule has 0 fully saturated rings. The minimum atomic E-state index is -0.491. The van der Waals surface area contributed by atoms with E-state index in [1.807, 2.05) is 6.08 Å². The highest BCUT2D eigenvalue weighted by Crippen LogP contribution is 2.40. The highest BCUT2D eigenvalue weighted by Gasteiger charge is 2.26. The number of allylic oxidation sites excluding steroid dienone is 4. The van der Waals surface area contributed by atoms with Crippen LogP contribution in [0.25, 0.3) is 0 Å². The highest BCUT2D eigenvalue weighted by molar-refractivity contribution is 5.95. The van der Waals surface area contributed by atoms with Crippen LogP contribution < -0.4 is 0 Å². The summed E-state index contributed by atoms with van der Waals surface area (Å²) in [7, 11) is 1.31. The zero-order valence-electron chi connectivity index (χ0n) is 12.2. The third-order valence-electron chi connectivity index (χ3n) is 3.64. The Morgan fingerprint density at radius 1 is 1.37 bits per heavy atom. The molecule has 0 N–H and O–H groups in total. The monoisotopic (exact) mass is 262 g/mol. The Kier molecular flexibility index (Phi) is 5.28. The van der Waals surface area contributed by atoms with E-state index in [0.717, 1.165) is 12.8 Å². The first kappa shape index (κ1) is 15.4. The third-order valence-corrected chi connectivity index (χ3v) is 3.64. The molecule has 104 valence electrons. The van der Waals surface area contributed by atoms with Crippen LogP contribution in [-0.4, -0.2) is 19.4 Å². The largest absolute Gasteiger partial charge is 0.465 e. The molecule has 0 saturated heterocycles. The Bertz CT molecular complexity index is 451. The van der Waals surface area contributed by atoms with Crippen molar-refractivity contribution in [3.05, 3.63) is 34.9 Å². The fourth-order valence-corrected chi connectivity index (χ4v) is 2.57. The van der Waals surface area contributed by atoms with Gasteiger partial charge in [-0.3, -0.25) is 4.79 Å². The van der Waals surface area contributed by atoms with Crippen molar-refractivity contribution in [3.8, 4) is 0 Å². The average Bonchev–Trinajstić information content (AvgIpc) is 2.35. The van der Waals surface area contributed by atoms with Crippen molar-refractivity contribution in [1.29, 1.82) is 0 Å². The molecule has 0 radical (unpaired) electrons. The van der Waals surface area contributed by atoms with E-state index in [4.69, 9.17) is 0 Å². The molecule has 0 atom stereocenters. The number of esters is 1. The van der Waals surface area contributed by atoms with Gasteiger partial charge in [0.1, 0.15) is 6.29 Å². The van der Waals surface area contributed by atoms with Gasteiger partial charge < -0.3 is 4.74 Å². The molecule has 19 heavy (non-hydrogen) atoms. The van der Waals surface area contributed by atoms with Crippen molar-refractivity contribution >= 4 is 12.3 Å². The summed E-state index contributed by atoms with van der Waals surface area (Å²) in [6.07, 6.45) is 8.87. The Labute approximate surface area is 115 Å². The summed E-state index contributed by atoms with van der Waals surface area (Å²) < 4.78 is 4.65. The standard InChI is InChI=1S/C16H22O3/c1-12-6-5-10-16(2,3)14(12)8-7-13(9-11-17)15(18)19-4/h7-9,11H,5-6,10H2,1-4H3. The average molecular weight is 262 g/mol. The van der Waals surface area contributed by atoms with Crippen LogP contribution in [0.2, 0.25) is 0 Å². The van der Waals surface area contributed by atoms with Crippen molar-refractivity contribution < 1.29 is 14.3 Å². The molecule has 0 amide bonds. The van der Waals surface area contributed by atoms with Crippen LogP contribution in [0.4, 0.5) is 0 Å². The highest BCUT2D eigenvalue weighted by atomic mass is 16.5. The molecule has 0 unspecified atom stereocenters. The van der Waals surface area contributed by atoms with Crippen LogP contribution in [0.15, 0.2) is 34.9 Å². The van der Waals surface area contributed by atoms with Gasteiger partial charge in [0.15, 0.2) is 0 Å². The normalized spacial score (nSPS) is 19.7. The van der Waals surface area contributed by atoms with E-state index in [1.165, 1.54) is 30.8 Å². The molecule has 0 aromatic heterocycles. The van der Waals surface area contributed by atoms with E-state index >= 15 is 0 Å². The SMILES string of the molecule is COC(=O)C(C=CC1=C(C)CCCC1(C)C)=CC=O. The first-order valence-corrected chi connectivity index (χ1v) is 6.54. The van der Waals surface area contributed by atoms with Crippen LogP contribution in [-0.2, 0) is 14.3 Å². The summed E-state index contributed by atoms with van der Waals surface area (Å²) in [6, 6.07) is 0. The van der Waals surface area contributed by atoms with Crippen LogP contribution >= 0.6 is 0 Å². The molecule has 0 bridgehead atoms. The topological polar surface area (TPSA) is 43.4 Å². The maximum Gasteiger partial charge on any atom is 0.337 e. The van der Waals surface area contributed by atoms with Crippen molar-refractivity contribution in [2.45, 2.75) is 40.0 Å². The third kappa shape index (κ3) is 3.91. The van der Waals surface area contributed by atoms with Crippen molar-refractivity contribution in [1.82, 2.24) is 0 Å². The Balaban J connectivity index is 3.04. The Morgan fingerprint density at radius 2 is 2.05 bits per heavy atom. The van der Waals surface area contributed by atoms with Gasteiger partial charge in [-0.1, -0.05) is 25.5 Å². The predicted molar refractivity (Wildman–Crippen MR) is 75.6 cm³/mol. The van der Waals surface area contributed by atoms with E-state index in [-0.39, 0.29) is 11.0 Å². The molecule has 0 saturated carbocycles. The van der Waals surface area contributed by atoms with E-state index in [2.05, 4.69) is 25.5 Å². The van der Waals surface area contributed by atoms with Gasteiger partial charge in [-0.2, -0.15) is 0 Å². The van der Waals surface area contributed by atoms with Crippen LogP contribution in [0.1, 0.15) is 40.0 Å². The molecule has 1 aliphatic rings. The molecule has 3 heteroatoms.